The van der Waals surface area contributed by atoms with Crippen molar-refractivity contribution in [2.24, 2.45) is 0 Å². The Balaban J connectivity index is 2.08. The van der Waals surface area contributed by atoms with Gasteiger partial charge in [0.25, 0.3) is 0 Å². The molecule has 0 aliphatic carbocycles. The maximum absolute atomic E-state index is 11.9. The zero-order chi connectivity index (χ0) is 13.7. The van der Waals surface area contributed by atoms with Gasteiger partial charge in [-0.05, 0) is 29.8 Å². The summed E-state index contributed by atoms with van der Waals surface area (Å²) >= 11 is 0. The van der Waals surface area contributed by atoms with E-state index in [4.69, 9.17) is 5.26 Å². The highest BCUT2D eigenvalue weighted by Gasteiger charge is 2.07. The van der Waals surface area contributed by atoms with Crippen LogP contribution in [0.5, 0.6) is 5.75 Å². The van der Waals surface area contributed by atoms with Crippen molar-refractivity contribution in [1.82, 2.24) is 0 Å². The minimum atomic E-state index is -0.228. The smallest absolute Gasteiger partial charge is 0.228 e. The van der Waals surface area contributed by atoms with E-state index in [0.717, 1.165) is 0 Å². The molecule has 19 heavy (non-hydrogen) atoms. The monoisotopic (exact) mass is 252 g/mol. The first-order valence-electron chi connectivity index (χ1n) is 5.76. The number of phenolic OH excluding ortho intramolecular Hbond substituents is 1. The number of carbonyl (C=O) groups excluding carboxylic acids is 1. The molecule has 0 atom stereocenters. The number of nitriles is 1. The van der Waals surface area contributed by atoms with Crippen LogP contribution >= 0.6 is 0 Å². The van der Waals surface area contributed by atoms with Gasteiger partial charge in [0.05, 0.1) is 17.7 Å². The molecule has 0 unspecified atom stereocenters. The lowest BCUT2D eigenvalue weighted by molar-refractivity contribution is -0.115. The summed E-state index contributed by atoms with van der Waals surface area (Å²) in [6, 6.07) is 15.4. The molecule has 2 aromatic rings. The lowest BCUT2D eigenvalue weighted by Crippen LogP contribution is -2.15. The van der Waals surface area contributed by atoms with E-state index < -0.39 is 0 Å². The topological polar surface area (TPSA) is 73.1 Å². The van der Waals surface area contributed by atoms with Crippen molar-refractivity contribution in [2.75, 3.05) is 5.32 Å². The zero-order valence-electron chi connectivity index (χ0n) is 10.1. The third-order valence-electron chi connectivity index (χ3n) is 2.60. The van der Waals surface area contributed by atoms with Crippen molar-refractivity contribution in [2.45, 2.75) is 6.42 Å². The summed E-state index contributed by atoms with van der Waals surface area (Å²) in [4.78, 5) is 11.9. The van der Waals surface area contributed by atoms with Gasteiger partial charge in [0.2, 0.25) is 5.91 Å². The summed E-state index contributed by atoms with van der Waals surface area (Å²) in [5.74, 6) is -0.101. The van der Waals surface area contributed by atoms with E-state index in [1.54, 1.807) is 42.5 Å². The SMILES string of the molecule is N#Cc1ccccc1NC(=O)Cc1cccc(O)c1. The molecule has 0 aromatic heterocycles. The fraction of sp³-hybridized carbons (Fsp3) is 0.0667. The Morgan fingerprint density at radius 3 is 2.74 bits per heavy atom. The standard InChI is InChI=1S/C15H12N2O2/c16-10-12-5-1-2-7-14(12)17-15(19)9-11-4-3-6-13(18)8-11/h1-8,18H,9H2,(H,17,19). The third-order valence-corrected chi connectivity index (χ3v) is 2.60. The first-order chi connectivity index (χ1) is 9.19. The number of rotatable bonds is 3. The summed E-state index contributed by atoms with van der Waals surface area (Å²) in [5, 5.41) is 20.9. The number of hydrogen-bond acceptors (Lipinski definition) is 3. The molecule has 0 bridgehead atoms. The molecule has 0 saturated carbocycles. The van der Waals surface area contributed by atoms with Crippen molar-refractivity contribution in [1.29, 1.82) is 5.26 Å². The highest BCUT2D eigenvalue weighted by atomic mass is 16.3. The van der Waals surface area contributed by atoms with Gasteiger partial charge in [-0.3, -0.25) is 4.79 Å². The van der Waals surface area contributed by atoms with Crippen LogP contribution < -0.4 is 5.32 Å². The summed E-state index contributed by atoms with van der Waals surface area (Å²) in [6.45, 7) is 0. The number of benzene rings is 2. The second kappa shape index (κ2) is 5.69. The molecule has 2 aromatic carbocycles. The normalized spacial score (nSPS) is 9.63. The van der Waals surface area contributed by atoms with Crippen molar-refractivity contribution >= 4 is 11.6 Å². The van der Waals surface area contributed by atoms with Crippen LogP contribution in [0, 0.1) is 11.3 Å². The number of anilines is 1. The largest absolute Gasteiger partial charge is 0.508 e. The van der Waals surface area contributed by atoms with Gasteiger partial charge < -0.3 is 10.4 Å². The van der Waals surface area contributed by atoms with Gasteiger partial charge in [-0.25, -0.2) is 0 Å². The molecule has 2 N–H and O–H groups in total. The molecule has 4 nitrogen and oxygen atoms in total. The van der Waals surface area contributed by atoms with Gasteiger partial charge in [0, 0.05) is 0 Å². The van der Waals surface area contributed by atoms with E-state index in [1.807, 2.05) is 6.07 Å². The molecule has 1 amide bonds. The Hall–Kier alpha value is -2.80. The van der Waals surface area contributed by atoms with Crippen LogP contribution in [-0.2, 0) is 11.2 Å². The number of hydrogen-bond donors (Lipinski definition) is 2. The molecule has 2 rings (SSSR count). The molecule has 0 saturated heterocycles. The minimum absolute atomic E-state index is 0.128. The van der Waals surface area contributed by atoms with Gasteiger partial charge in [0.1, 0.15) is 11.8 Å². The van der Waals surface area contributed by atoms with Crippen LogP contribution in [0.25, 0.3) is 0 Å². The molecule has 0 radical (unpaired) electrons. The number of phenols is 1. The molecular formula is C15H12N2O2. The number of nitrogens with zero attached hydrogens (tertiary/aromatic N) is 1. The number of amides is 1. The summed E-state index contributed by atoms with van der Waals surface area (Å²) in [7, 11) is 0. The predicted molar refractivity (Wildman–Crippen MR) is 71.6 cm³/mol. The van der Waals surface area contributed by atoms with Crippen LogP contribution in [0.4, 0.5) is 5.69 Å². The van der Waals surface area contributed by atoms with E-state index in [9.17, 15) is 9.90 Å². The van der Waals surface area contributed by atoms with Gasteiger partial charge in [0.15, 0.2) is 0 Å². The molecule has 0 spiro atoms. The van der Waals surface area contributed by atoms with Crippen LogP contribution in [0.15, 0.2) is 48.5 Å². The third kappa shape index (κ3) is 3.33. The maximum atomic E-state index is 11.9. The van der Waals surface area contributed by atoms with Crippen LogP contribution in [0.3, 0.4) is 0 Å². The number of nitrogens with one attached hydrogen (secondary N) is 1. The summed E-state index contributed by atoms with van der Waals surface area (Å²) < 4.78 is 0. The molecule has 94 valence electrons. The number of carbonyl (C=O) groups is 1. The first kappa shape index (κ1) is 12.7. The van der Waals surface area contributed by atoms with Crippen molar-refractivity contribution < 1.29 is 9.90 Å². The summed E-state index contributed by atoms with van der Waals surface area (Å²) in [5.41, 5.74) is 1.63. The molecule has 4 heteroatoms. The molecule has 0 fully saturated rings. The fourth-order valence-corrected chi connectivity index (χ4v) is 1.74. The average molecular weight is 252 g/mol. The first-order valence-corrected chi connectivity index (χ1v) is 5.76. The second-order valence-corrected chi connectivity index (χ2v) is 4.05. The quantitative estimate of drug-likeness (QED) is 0.881. The average Bonchev–Trinajstić information content (AvgIpc) is 2.39. The minimum Gasteiger partial charge on any atom is -0.508 e. The Bertz CT molecular complexity index is 645. The van der Waals surface area contributed by atoms with Crippen molar-refractivity contribution in [3.05, 3.63) is 59.7 Å². The van der Waals surface area contributed by atoms with E-state index in [0.29, 0.717) is 16.8 Å². The van der Waals surface area contributed by atoms with Gasteiger partial charge in [-0.1, -0.05) is 24.3 Å². The molecule has 0 aliphatic heterocycles. The van der Waals surface area contributed by atoms with E-state index in [-0.39, 0.29) is 18.1 Å². The van der Waals surface area contributed by atoms with E-state index in [1.165, 1.54) is 6.07 Å². The predicted octanol–water partition coefficient (Wildman–Crippen LogP) is 2.45. The second-order valence-electron chi connectivity index (χ2n) is 4.05. The van der Waals surface area contributed by atoms with Gasteiger partial charge in [-0.15, -0.1) is 0 Å². The molecule has 0 heterocycles. The van der Waals surface area contributed by atoms with Crippen molar-refractivity contribution in [3.63, 3.8) is 0 Å². The molecular weight excluding hydrogens is 240 g/mol. The van der Waals surface area contributed by atoms with E-state index >= 15 is 0 Å². The Morgan fingerprint density at radius 1 is 1.21 bits per heavy atom. The lowest BCUT2D eigenvalue weighted by atomic mass is 10.1. The number of aromatic hydroxyl groups is 1. The molecule has 0 aliphatic rings. The lowest BCUT2D eigenvalue weighted by Gasteiger charge is -2.07. The zero-order valence-corrected chi connectivity index (χ0v) is 10.1. The van der Waals surface area contributed by atoms with Gasteiger partial charge in [-0.2, -0.15) is 5.26 Å². The van der Waals surface area contributed by atoms with Crippen LogP contribution in [0.2, 0.25) is 0 Å². The highest BCUT2D eigenvalue weighted by molar-refractivity contribution is 5.93. The van der Waals surface area contributed by atoms with E-state index in [2.05, 4.69) is 5.32 Å². The number of para-hydroxylation sites is 1. The Kier molecular flexibility index (Phi) is 3.79. The van der Waals surface area contributed by atoms with Crippen LogP contribution in [0.1, 0.15) is 11.1 Å². The summed E-state index contributed by atoms with van der Waals surface area (Å²) in [6.07, 6.45) is 0.147. The van der Waals surface area contributed by atoms with Gasteiger partial charge >= 0.3 is 0 Å². The fourth-order valence-electron chi connectivity index (χ4n) is 1.74. The van der Waals surface area contributed by atoms with Crippen LogP contribution in [-0.4, -0.2) is 11.0 Å². The highest BCUT2D eigenvalue weighted by Crippen LogP contribution is 2.15. The van der Waals surface area contributed by atoms with Crippen molar-refractivity contribution in [3.8, 4) is 11.8 Å². The Morgan fingerprint density at radius 2 is 2.00 bits per heavy atom. The maximum Gasteiger partial charge on any atom is 0.228 e. The Labute approximate surface area is 110 Å².